The molecule has 1 aromatic heterocycles. The lowest BCUT2D eigenvalue weighted by Crippen LogP contribution is -1.97. The molecule has 0 aliphatic heterocycles. The molecule has 0 aliphatic carbocycles. The van der Waals surface area contributed by atoms with Crippen LogP contribution in [0.3, 0.4) is 0 Å². The van der Waals surface area contributed by atoms with Crippen molar-refractivity contribution in [2.75, 3.05) is 7.11 Å². The van der Waals surface area contributed by atoms with Crippen LogP contribution in [-0.4, -0.2) is 23.2 Å². The molecule has 0 radical (unpaired) electrons. The molecule has 0 spiro atoms. The number of aliphatic carboxylic acids is 1. The van der Waals surface area contributed by atoms with Crippen molar-refractivity contribution < 1.29 is 19.1 Å². The maximum absolute atomic E-state index is 11.5. The fourth-order valence-corrected chi connectivity index (χ4v) is 2.79. The second-order valence-electron chi connectivity index (χ2n) is 4.61. The summed E-state index contributed by atoms with van der Waals surface area (Å²) in [6, 6.07) is 14.5. The number of hydrogen-bond acceptors (Lipinski definition) is 5. The molecule has 23 heavy (non-hydrogen) atoms. The summed E-state index contributed by atoms with van der Waals surface area (Å²) in [6.45, 7) is 0. The number of ether oxygens (including phenoxy) is 1. The molecule has 0 aliphatic rings. The van der Waals surface area contributed by atoms with Gasteiger partial charge in [0.2, 0.25) is 0 Å². The third-order valence-corrected chi connectivity index (χ3v) is 3.97. The third kappa shape index (κ3) is 3.37. The van der Waals surface area contributed by atoms with Crippen molar-refractivity contribution >= 4 is 34.9 Å². The molecule has 0 unspecified atom stereocenters. The van der Waals surface area contributed by atoms with Crippen molar-refractivity contribution in [1.82, 2.24) is 4.98 Å². The standard InChI is InChI=1S/C17H13NO4S/c1-21-13-8-4-2-6-11(13)10-15(16(19)20)23-17-18-12-7-3-5-9-14(12)22-17/h2-10H,1H3,(H,19,20)/b15-10+. The number of thioether (sulfide) groups is 1. The Kier molecular flexibility index (Phi) is 4.34. The number of nitrogens with zero attached hydrogens (tertiary/aromatic N) is 1. The number of aromatic nitrogens is 1. The predicted octanol–water partition coefficient (Wildman–Crippen LogP) is 4.05. The van der Waals surface area contributed by atoms with Crippen molar-refractivity contribution in [2.24, 2.45) is 0 Å². The number of rotatable bonds is 5. The van der Waals surface area contributed by atoms with E-state index in [4.69, 9.17) is 9.15 Å². The quantitative estimate of drug-likeness (QED) is 0.563. The third-order valence-electron chi connectivity index (χ3n) is 3.11. The molecule has 1 N–H and O–H groups in total. The van der Waals surface area contributed by atoms with Crippen molar-refractivity contribution in [3.63, 3.8) is 0 Å². The molecule has 5 nitrogen and oxygen atoms in total. The van der Waals surface area contributed by atoms with E-state index >= 15 is 0 Å². The monoisotopic (exact) mass is 327 g/mol. The minimum atomic E-state index is -1.05. The van der Waals surface area contributed by atoms with Gasteiger partial charge in [0, 0.05) is 5.56 Å². The molecule has 3 aromatic rings. The first kappa shape index (κ1) is 15.2. The van der Waals surface area contributed by atoms with Gasteiger partial charge in [0.1, 0.15) is 16.2 Å². The number of methoxy groups -OCH3 is 1. The molecule has 0 atom stereocenters. The number of para-hydroxylation sites is 3. The Balaban J connectivity index is 1.95. The van der Waals surface area contributed by atoms with Crippen LogP contribution in [0.15, 0.2) is 63.1 Å². The average Bonchev–Trinajstić information content (AvgIpc) is 2.97. The molecular weight excluding hydrogens is 314 g/mol. The largest absolute Gasteiger partial charge is 0.496 e. The summed E-state index contributed by atoms with van der Waals surface area (Å²) >= 11 is 0.965. The van der Waals surface area contributed by atoms with E-state index in [1.54, 1.807) is 31.4 Å². The maximum atomic E-state index is 11.5. The van der Waals surface area contributed by atoms with Gasteiger partial charge in [-0.05, 0) is 36.0 Å². The summed E-state index contributed by atoms with van der Waals surface area (Å²) in [5.74, 6) is -0.451. The van der Waals surface area contributed by atoms with Gasteiger partial charge in [0.15, 0.2) is 5.58 Å². The van der Waals surface area contributed by atoms with Gasteiger partial charge in [-0.2, -0.15) is 0 Å². The van der Waals surface area contributed by atoms with Crippen molar-refractivity contribution in [3.8, 4) is 5.75 Å². The lowest BCUT2D eigenvalue weighted by molar-refractivity contribution is -0.131. The number of hydrogen-bond donors (Lipinski definition) is 1. The number of benzene rings is 2. The highest BCUT2D eigenvalue weighted by atomic mass is 32.2. The van der Waals surface area contributed by atoms with Gasteiger partial charge in [-0.15, -0.1) is 0 Å². The van der Waals surface area contributed by atoms with Crippen LogP contribution >= 0.6 is 11.8 Å². The first-order chi connectivity index (χ1) is 11.2. The van der Waals surface area contributed by atoms with Crippen LogP contribution in [0.2, 0.25) is 0 Å². The molecule has 0 saturated heterocycles. The van der Waals surface area contributed by atoms with Crippen LogP contribution in [0.5, 0.6) is 5.75 Å². The van der Waals surface area contributed by atoms with E-state index in [1.807, 2.05) is 30.3 Å². The minimum Gasteiger partial charge on any atom is -0.496 e. The minimum absolute atomic E-state index is 0.0982. The summed E-state index contributed by atoms with van der Waals surface area (Å²) < 4.78 is 10.8. The molecule has 116 valence electrons. The van der Waals surface area contributed by atoms with E-state index in [1.165, 1.54) is 0 Å². The van der Waals surface area contributed by atoms with Gasteiger partial charge in [0.05, 0.1) is 7.11 Å². The molecule has 0 saturated carbocycles. The van der Waals surface area contributed by atoms with Crippen LogP contribution in [0.1, 0.15) is 5.56 Å². The van der Waals surface area contributed by atoms with Gasteiger partial charge in [-0.25, -0.2) is 9.78 Å². The lowest BCUT2D eigenvalue weighted by atomic mass is 10.2. The summed E-state index contributed by atoms with van der Waals surface area (Å²) in [5.41, 5.74) is 1.99. The average molecular weight is 327 g/mol. The molecule has 3 rings (SSSR count). The highest BCUT2D eigenvalue weighted by Crippen LogP contribution is 2.32. The summed E-state index contributed by atoms with van der Waals surface area (Å²) in [7, 11) is 1.54. The first-order valence-corrected chi connectivity index (χ1v) is 7.60. The molecule has 0 amide bonds. The van der Waals surface area contributed by atoms with E-state index in [0.29, 0.717) is 22.4 Å². The van der Waals surface area contributed by atoms with Crippen LogP contribution in [0.25, 0.3) is 17.2 Å². The smallest absolute Gasteiger partial charge is 0.342 e. The van der Waals surface area contributed by atoms with E-state index in [2.05, 4.69) is 4.98 Å². The Bertz CT molecular complexity index is 852. The SMILES string of the molecule is COc1ccccc1/C=C(/Sc1nc2ccccc2o1)C(=O)O. The van der Waals surface area contributed by atoms with E-state index < -0.39 is 5.97 Å². The zero-order valence-corrected chi connectivity index (χ0v) is 13.0. The van der Waals surface area contributed by atoms with E-state index in [9.17, 15) is 9.90 Å². The second kappa shape index (κ2) is 6.58. The fourth-order valence-electron chi connectivity index (χ4n) is 2.05. The zero-order valence-electron chi connectivity index (χ0n) is 12.2. The molecule has 1 heterocycles. The molecule has 0 fully saturated rings. The van der Waals surface area contributed by atoms with Gasteiger partial charge in [-0.3, -0.25) is 0 Å². The molecule has 0 bridgehead atoms. The van der Waals surface area contributed by atoms with Gasteiger partial charge >= 0.3 is 5.97 Å². The summed E-state index contributed by atoms with van der Waals surface area (Å²) in [6.07, 6.45) is 1.54. The Morgan fingerprint density at radius 1 is 1.22 bits per heavy atom. The van der Waals surface area contributed by atoms with Crippen LogP contribution in [0, 0.1) is 0 Å². The van der Waals surface area contributed by atoms with Gasteiger partial charge < -0.3 is 14.3 Å². The van der Waals surface area contributed by atoms with Crippen LogP contribution < -0.4 is 4.74 Å². The van der Waals surface area contributed by atoms with Crippen LogP contribution in [0.4, 0.5) is 0 Å². The van der Waals surface area contributed by atoms with Crippen molar-refractivity contribution in [1.29, 1.82) is 0 Å². The van der Waals surface area contributed by atoms with Gasteiger partial charge in [0.25, 0.3) is 5.22 Å². The normalized spacial score (nSPS) is 11.6. The molecule has 6 heteroatoms. The number of carbonyl (C=O) groups is 1. The maximum Gasteiger partial charge on any atom is 0.342 e. The number of carboxylic acid groups (broad SMARTS) is 1. The highest BCUT2D eigenvalue weighted by molar-refractivity contribution is 8.03. The van der Waals surface area contributed by atoms with Crippen LogP contribution in [-0.2, 0) is 4.79 Å². The lowest BCUT2D eigenvalue weighted by Gasteiger charge is -2.05. The topological polar surface area (TPSA) is 72.6 Å². The first-order valence-electron chi connectivity index (χ1n) is 6.79. The molecular formula is C17H13NO4S. The number of fused-ring (bicyclic) bond motifs is 1. The number of carboxylic acids is 1. The highest BCUT2D eigenvalue weighted by Gasteiger charge is 2.15. The van der Waals surface area contributed by atoms with Gasteiger partial charge in [-0.1, -0.05) is 30.3 Å². The fraction of sp³-hybridized carbons (Fsp3) is 0.0588. The summed E-state index contributed by atoms with van der Waals surface area (Å²) in [5, 5.41) is 9.72. The predicted molar refractivity (Wildman–Crippen MR) is 88.5 cm³/mol. The molecule has 2 aromatic carbocycles. The van der Waals surface area contributed by atoms with E-state index in [-0.39, 0.29) is 10.1 Å². The summed E-state index contributed by atoms with van der Waals surface area (Å²) in [4.78, 5) is 15.9. The Morgan fingerprint density at radius 2 is 1.96 bits per heavy atom. The van der Waals surface area contributed by atoms with E-state index in [0.717, 1.165) is 11.8 Å². The van der Waals surface area contributed by atoms with Crippen molar-refractivity contribution in [3.05, 3.63) is 59.0 Å². The Labute approximate surface area is 136 Å². The Hall–Kier alpha value is -2.73. The van der Waals surface area contributed by atoms with Crippen molar-refractivity contribution in [2.45, 2.75) is 5.22 Å². The number of oxazole rings is 1. The zero-order chi connectivity index (χ0) is 16.2. The Morgan fingerprint density at radius 3 is 2.70 bits per heavy atom. The second-order valence-corrected chi connectivity index (χ2v) is 5.60.